The average molecular weight is 385 g/mol. The number of nitrogens with one attached hydrogen (secondary N) is 1. The summed E-state index contributed by atoms with van der Waals surface area (Å²) in [5, 5.41) is 12.5. The highest BCUT2D eigenvalue weighted by Crippen LogP contribution is 2.29. The minimum Gasteiger partial charge on any atom is -0.493 e. The lowest BCUT2D eigenvalue weighted by Crippen LogP contribution is -2.14. The number of amides is 1. The third-order valence-electron chi connectivity index (χ3n) is 3.63. The summed E-state index contributed by atoms with van der Waals surface area (Å²) in [6, 6.07) is 11.7. The number of carbonyl (C=O) groups excluding carboxylic acids is 2. The summed E-state index contributed by atoms with van der Waals surface area (Å²) in [6.45, 7) is 3.05. The first-order chi connectivity index (χ1) is 12.8. The predicted molar refractivity (Wildman–Crippen MR) is 103 cm³/mol. The van der Waals surface area contributed by atoms with E-state index in [0.29, 0.717) is 27.6 Å². The molecule has 2 rings (SSSR count). The Labute approximate surface area is 162 Å². The SMILES string of the molecule is COc1cc(/C=C(\C#N)C(=O)Nc2cccc(Cl)c2C)ccc1OC(C)=O. The van der Waals surface area contributed by atoms with Crippen LogP contribution in [0.3, 0.4) is 0 Å². The number of methoxy groups -OCH3 is 1. The first-order valence-corrected chi connectivity index (χ1v) is 8.28. The van der Waals surface area contributed by atoms with E-state index in [4.69, 9.17) is 21.1 Å². The van der Waals surface area contributed by atoms with E-state index in [0.717, 1.165) is 0 Å². The first kappa shape index (κ1) is 20.0. The first-order valence-electron chi connectivity index (χ1n) is 7.90. The number of anilines is 1. The molecule has 27 heavy (non-hydrogen) atoms. The Kier molecular flexibility index (Phi) is 6.58. The van der Waals surface area contributed by atoms with Gasteiger partial charge in [0.05, 0.1) is 7.11 Å². The molecule has 7 heteroatoms. The maximum Gasteiger partial charge on any atom is 0.308 e. The Morgan fingerprint density at radius 2 is 1.96 bits per heavy atom. The molecule has 0 spiro atoms. The summed E-state index contributed by atoms with van der Waals surface area (Å²) in [5.74, 6) is -0.488. The van der Waals surface area contributed by atoms with Crippen molar-refractivity contribution in [2.24, 2.45) is 0 Å². The molecule has 0 bridgehead atoms. The fourth-order valence-electron chi connectivity index (χ4n) is 2.26. The fraction of sp³-hybridized carbons (Fsp3) is 0.150. The molecule has 0 heterocycles. The van der Waals surface area contributed by atoms with Gasteiger partial charge in [-0.3, -0.25) is 9.59 Å². The van der Waals surface area contributed by atoms with Gasteiger partial charge in [0.2, 0.25) is 0 Å². The molecule has 138 valence electrons. The van der Waals surface area contributed by atoms with E-state index in [9.17, 15) is 14.9 Å². The van der Waals surface area contributed by atoms with Crippen LogP contribution in [0.15, 0.2) is 42.0 Å². The number of benzene rings is 2. The van der Waals surface area contributed by atoms with E-state index >= 15 is 0 Å². The number of rotatable bonds is 5. The lowest BCUT2D eigenvalue weighted by atomic mass is 10.1. The predicted octanol–water partition coefficient (Wildman–Crippen LogP) is 4.13. The number of halogens is 1. The second-order valence-electron chi connectivity index (χ2n) is 5.54. The molecule has 0 unspecified atom stereocenters. The monoisotopic (exact) mass is 384 g/mol. The number of hydrogen-bond donors (Lipinski definition) is 1. The van der Waals surface area contributed by atoms with Crippen molar-refractivity contribution in [2.45, 2.75) is 13.8 Å². The molecule has 2 aromatic rings. The van der Waals surface area contributed by atoms with E-state index in [1.54, 1.807) is 37.3 Å². The molecule has 0 radical (unpaired) electrons. The van der Waals surface area contributed by atoms with Crippen molar-refractivity contribution in [2.75, 3.05) is 12.4 Å². The lowest BCUT2D eigenvalue weighted by Gasteiger charge is -2.10. The Morgan fingerprint density at radius 3 is 2.59 bits per heavy atom. The van der Waals surface area contributed by atoms with Gasteiger partial charge in [-0.05, 0) is 48.4 Å². The number of esters is 1. The van der Waals surface area contributed by atoms with Crippen LogP contribution in [0.1, 0.15) is 18.1 Å². The Hall–Kier alpha value is -3.30. The maximum absolute atomic E-state index is 12.4. The lowest BCUT2D eigenvalue weighted by molar-refractivity contribution is -0.132. The van der Waals surface area contributed by atoms with Crippen LogP contribution in [-0.4, -0.2) is 19.0 Å². The minimum atomic E-state index is -0.564. The van der Waals surface area contributed by atoms with Gasteiger partial charge in [0, 0.05) is 17.6 Å². The molecule has 1 N–H and O–H groups in total. The van der Waals surface area contributed by atoms with Gasteiger partial charge in [-0.25, -0.2) is 0 Å². The highest BCUT2D eigenvalue weighted by atomic mass is 35.5. The van der Waals surface area contributed by atoms with Crippen LogP contribution in [0.2, 0.25) is 5.02 Å². The highest BCUT2D eigenvalue weighted by Gasteiger charge is 2.13. The fourth-order valence-corrected chi connectivity index (χ4v) is 2.44. The van der Waals surface area contributed by atoms with Crippen LogP contribution in [0, 0.1) is 18.3 Å². The van der Waals surface area contributed by atoms with E-state index in [1.807, 2.05) is 6.07 Å². The van der Waals surface area contributed by atoms with Gasteiger partial charge in [0.15, 0.2) is 11.5 Å². The van der Waals surface area contributed by atoms with Crippen molar-refractivity contribution >= 4 is 35.2 Å². The van der Waals surface area contributed by atoms with Crippen molar-refractivity contribution in [3.8, 4) is 17.6 Å². The number of carbonyl (C=O) groups is 2. The van der Waals surface area contributed by atoms with E-state index in [1.165, 1.54) is 26.2 Å². The summed E-state index contributed by atoms with van der Waals surface area (Å²) in [5.41, 5.74) is 1.67. The van der Waals surface area contributed by atoms with Gasteiger partial charge in [-0.2, -0.15) is 5.26 Å². The molecule has 0 saturated carbocycles. The van der Waals surface area contributed by atoms with Gasteiger partial charge >= 0.3 is 5.97 Å². The van der Waals surface area contributed by atoms with Crippen molar-refractivity contribution in [1.29, 1.82) is 5.26 Å². The van der Waals surface area contributed by atoms with Gasteiger partial charge in [0.1, 0.15) is 11.6 Å². The third-order valence-corrected chi connectivity index (χ3v) is 4.04. The van der Waals surface area contributed by atoms with Gasteiger partial charge < -0.3 is 14.8 Å². The molecule has 0 aromatic heterocycles. The molecule has 1 amide bonds. The van der Waals surface area contributed by atoms with Crippen molar-refractivity contribution in [3.63, 3.8) is 0 Å². The largest absolute Gasteiger partial charge is 0.493 e. The Bertz CT molecular complexity index is 961. The molecule has 6 nitrogen and oxygen atoms in total. The highest BCUT2D eigenvalue weighted by molar-refractivity contribution is 6.31. The zero-order chi connectivity index (χ0) is 20.0. The number of nitriles is 1. The quantitative estimate of drug-likeness (QED) is 0.362. The average Bonchev–Trinajstić information content (AvgIpc) is 2.63. The summed E-state index contributed by atoms with van der Waals surface area (Å²) < 4.78 is 10.2. The molecule has 0 aliphatic heterocycles. The van der Waals surface area contributed by atoms with Crippen LogP contribution < -0.4 is 14.8 Å². The summed E-state index contributed by atoms with van der Waals surface area (Å²) in [7, 11) is 1.43. The second kappa shape index (κ2) is 8.88. The zero-order valence-electron chi connectivity index (χ0n) is 15.0. The summed E-state index contributed by atoms with van der Waals surface area (Å²) in [6.07, 6.45) is 1.41. The normalized spacial score (nSPS) is 10.7. The molecule has 0 saturated heterocycles. The topological polar surface area (TPSA) is 88.4 Å². The van der Waals surface area contributed by atoms with E-state index in [-0.39, 0.29) is 11.3 Å². The Balaban J connectivity index is 2.29. The van der Waals surface area contributed by atoms with E-state index < -0.39 is 11.9 Å². The van der Waals surface area contributed by atoms with E-state index in [2.05, 4.69) is 5.32 Å². The van der Waals surface area contributed by atoms with Crippen LogP contribution in [-0.2, 0) is 9.59 Å². The summed E-state index contributed by atoms with van der Waals surface area (Å²) in [4.78, 5) is 23.5. The van der Waals surface area contributed by atoms with Crippen molar-refractivity contribution in [1.82, 2.24) is 0 Å². The molecular weight excluding hydrogens is 368 g/mol. The smallest absolute Gasteiger partial charge is 0.308 e. The Morgan fingerprint density at radius 1 is 1.22 bits per heavy atom. The third kappa shape index (κ3) is 5.09. The molecule has 0 aliphatic rings. The number of ether oxygens (including phenoxy) is 2. The van der Waals surface area contributed by atoms with Crippen LogP contribution in [0.4, 0.5) is 5.69 Å². The van der Waals surface area contributed by atoms with Gasteiger partial charge in [0.25, 0.3) is 5.91 Å². The zero-order valence-corrected chi connectivity index (χ0v) is 15.8. The van der Waals surface area contributed by atoms with Crippen LogP contribution in [0.5, 0.6) is 11.5 Å². The molecule has 0 fully saturated rings. The van der Waals surface area contributed by atoms with Crippen LogP contribution >= 0.6 is 11.6 Å². The second-order valence-corrected chi connectivity index (χ2v) is 5.95. The molecule has 0 atom stereocenters. The number of nitrogens with zero attached hydrogens (tertiary/aromatic N) is 1. The molecule has 2 aromatic carbocycles. The van der Waals surface area contributed by atoms with Crippen LogP contribution in [0.25, 0.3) is 6.08 Å². The minimum absolute atomic E-state index is 0.100. The van der Waals surface area contributed by atoms with Gasteiger partial charge in [-0.15, -0.1) is 0 Å². The summed E-state index contributed by atoms with van der Waals surface area (Å²) >= 11 is 6.04. The standard InChI is InChI=1S/C20H17ClN2O4/c1-12-16(21)5-4-6-17(12)23-20(25)15(11-22)9-14-7-8-18(27-13(2)24)19(10-14)26-3/h4-10H,1-3H3,(H,23,25)/b15-9+. The number of hydrogen-bond acceptors (Lipinski definition) is 5. The van der Waals surface area contributed by atoms with Crippen molar-refractivity contribution < 1.29 is 19.1 Å². The maximum atomic E-state index is 12.4. The van der Waals surface area contributed by atoms with Crippen molar-refractivity contribution in [3.05, 3.63) is 58.1 Å². The van der Waals surface area contributed by atoms with Gasteiger partial charge in [-0.1, -0.05) is 23.7 Å². The molecular formula is C20H17ClN2O4. The molecule has 0 aliphatic carbocycles.